The lowest BCUT2D eigenvalue weighted by Crippen LogP contribution is -1.93. The number of rotatable bonds is 2. The van der Waals surface area contributed by atoms with Crippen LogP contribution in [0.25, 0.3) is 0 Å². The molecule has 14 heavy (non-hydrogen) atoms. The fraction of sp³-hybridized carbons (Fsp3) is 0. The molecule has 0 radical (unpaired) electrons. The Balaban J connectivity index is 3.34. The van der Waals surface area contributed by atoms with Gasteiger partial charge in [0, 0.05) is 16.7 Å². The average Bonchev–Trinajstić information content (AvgIpc) is 2.01. The van der Waals surface area contributed by atoms with Gasteiger partial charge in [0.15, 0.2) is 0 Å². The van der Waals surface area contributed by atoms with E-state index in [2.05, 4.69) is 0 Å². The van der Waals surface area contributed by atoms with Crippen molar-refractivity contribution in [1.82, 2.24) is 0 Å². The second-order valence-corrected chi connectivity index (χ2v) is 5.28. The quantitative estimate of drug-likeness (QED) is 0.461. The van der Waals surface area contributed by atoms with Crippen molar-refractivity contribution in [2.24, 2.45) is 0 Å². The van der Waals surface area contributed by atoms with Crippen LogP contribution in [0.5, 0.6) is 0 Å². The van der Waals surface area contributed by atoms with Crippen molar-refractivity contribution in [2.75, 3.05) is 0 Å². The summed E-state index contributed by atoms with van der Waals surface area (Å²) >= 11 is 5.47. The monoisotopic (exact) mass is 255 g/mol. The molecule has 0 unspecified atom stereocenters. The Bertz CT molecular complexity index is 485. The molecule has 1 aromatic rings. The molecule has 76 valence electrons. The second-order valence-electron chi connectivity index (χ2n) is 2.31. The van der Waals surface area contributed by atoms with Crippen LogP contribution in [-0.4, -0.2) is 13.3 Å². The van der Waals surface area contributed by atoms with Gasteiger partial charge in [-0.3, -0.25) is 10.1 Å². The molecule has 1 rings (SSSR count). The molecule has 1 aromatic carbocycles. The Morgan fingerprint density at radius 2 is 1.93 bits per heavy atom. The van der Waals surface area contributed by atoms with E-state index < -0.39 is 14.0 Å². The first-order chi connectivity index (χ1) is 6.32. The van der Waals surface area contributed by atoms with Crippen LogP contribution < -0.4 is 0 Å². The summed E-state index contributed by atoms with van der Waals surface area (Å²) in [4.78, 5) is 9.34. The van der Waals surface area contributed by atoms with Crippen molar-refractivity contribution in [1.29, 1.82) is 0 Å². The summed E-state index contributed by atoms with van der Waals surface area (Å²) in [6, 6.07) is 2.94. The average molecular weight is 256 g/mol. The second kappa shape index (κ2) is 3.72. The van der Waals surface area contributed by atoms with Gasteiger partial charge in [-0.25, -0.2) is 8.42 Å². The predicted molar refractivity (Wildman–Crippen MR) is 51.1 cm³/mol. The summed E-state index contributed by atoms with van der Waals surface area (Å²) in [6.07, 6.45) is 0. The molecule has 0 aliphatic rings. The van der Waals surface area contributed by atoms with Gasteiger partial charge in [-0.05, 0) is 12.1 Å². The first-order valence-electron chi connectivity index (χ1n) is 3.21. The SMILES string of the molecule is O=[N+]([O-])c1ccc(S(=O)(=O)Cl)cc1Cl. The van der Waals surface area contributed by atoms with E-state index in [4.69, 9.17) is 22.3 Å². The molecule has 8 heteroatoms. The van der Waals surface area contributed by atoms with Crippen molar-refractivity contribution in [3.05, 3.63) is 33.3 Å². The van der Waals surface area contributed by atoms with Crippen molar-refractivity contribution >= 4 is 37.0 Å². The normalized spacial score (nSPS) is 11.3. The highest BCUT2D eigenvalue weighted by atomic mass is 35.7. The zero-order valence-electron chi connectivity index (χ0n) is 6.48. The molecule has 0 spiro atoms. The zero-order valence-corrected chi connectivity index (χ0v) is 8.80. The number of hydrogen-bond donors (Lipinski definition) is 0. The summed E-state index contributed by atoms with van der Waals surface area (Å²) in [7, 11) is 1.10. The van der Waals surface area contributed by atoms with E-state index in [1.165, 1.54) is 0 Å². The molecule has 0 fully saturated rings. The highest BCUT2D eigenvalue weighted by molar-refractivity contribution is 8.13. The molecular weight excluding hydrogens is 253 g/mol. The van der Waals surface area contributed by atoms with E-state index in [9.17, 15) is 18.5 Å². The van der Waals surface area contributed by atoms with E-state index in [-0.39, 0.29) is 15.6 Å². The fourth-order valence-electron chi connectivity index (χ4n) is 0.787. The molecule has 0 aliphatic heterocycles. The minimum Gasteiger partial charge on any atom is -0.258 e. The van der Waals surface area contributed by atoms with Crippen LogP contribution in [0, 0.1) is 10.1 Å². The molecule has 0 aromatic heterocycles. The third kappa shape index (κ3) is 2.34. The number of nitrogens with zero attached hydrogens (tertiary/aromatic N) is 1. The largest absolute Gasteiger partial charge is 0.287 e. The Hall–Kier alpha value is -0.850. The van der Waals surface area contributed by atoms with Gasteiger partial charge in [-0.15, -0.1) is 0 Å². The van der Waals surface area contributed by atoms with Gasteiger partial charge in [-0.1, -0.05) is 11.6 Å². The smallest absolute Gasteiger partial charge is 0.258 e. The lowest BCUT2D eigenvalue weighted by Gasteiger charge is -1.97. The lowest BCUT2D eigenvalue weighted by atomic mass is 10.3. The van der Waals surface area contributed by atoms with Gasteiger partial charge >= 0.3 is 0 Å². The fourth-order valence-corrected chi connectivity index (χ4v) is 1.88. The van der Waals surface area contributed by atoms with Crippen LogP contribution in [0.1, 0.15) is 0 Å². The van der Waals surface area contributed by atoms with E-state index in [0.717, 1.165) is 18.2 Å². The molecular formula is C6H3Cl2NO4S. The maximum atomic E-state index is 10.8. The molecule has 0 heterocycles. The maximum Gasteiger partial charge on any atom is 0.287 e. The van der Waals surface area contributed by atoms with Crippen LogP contribution in [0.4, 0.5) is 5.69 Å². The Morgan fingerprint density at radius 3 is 2.29 bits per heavy atom. The highest BCUT2D eigenvalue weighted by Gasteiger charge is 2.17. The summed E-state index contributed by atoms with van der Waals surface area (Å²) < 4.78 is 21.6. The first-order valence-corrected chi connectivity index (χ1v) is 5.89. The van der Waals surface area contributed by atoms with Gasteiger partial charge in [-0.2, -0.15) is 0 Å². The number of benzene rings is 1. The van der Waals surface area contributed by atoms with Crippen molar-refractivity contribution < 1.29 is 13.3 Å². The summed E-state index contributed by atoms with van der Waals surface area (Å²) in [5, 5.41) is 10.1. The standard InChI is InChI=1S/C6H3Cl2NO4S/c7-5-3-4(14(8,12)13)1-2-6(5)9(10)11/h1-3H. The van der Waals surface area contributed by atoms with Crippen molar-refractivity contribution in [2.45, 2.75) is 4.90 Å². The lowest BCUT2D eigenvalue weighted by molar-refractivity contribution is -0.384. The van der Waals surface area contributed by atoms with Crippen LogP contribution in [0.15, 0.2) is 23.1 Å². The van der Waals surface area contributed by atoms with Gasteiger partial charge in [0.2, 0.25) is 0 Å². The topological polar surface area (TPSA) is 77.3 Å². The molecule has 0 amide bonds. The summed E-state index contributed by atoms with van der Waals surface area (Å²) in [6.45, 7) is 0. The maximum absolute atomic E-state index is 10.8. The Labute approximate surface area is 88.8 Å². The van der Waals surface area contributed by atoms with E-state index >= 15 is 0 Å². The highest BCUT2D eigenvalue weighted by Crippen LogP contribution is 2.28. The third-order valence-electron chi connectivity index (χ3n) is 1.40. The zero-order chi connectivity index (χ0) is 10.9. The third-order valence-corrected chi connectivity index (χ3v) is 3.05. The van der Waals surface area contributed by atoms with E-state index in [1.807, 2.05) is 0 Å². The summed E-state index contributed by atoms with van der Waals surface area (Å²) in [5.74, 6) is 0. The molecule has 5 nitrogen and oxygen atoms in total. The van der Waals surface area contributed by atoms with Crippen molar-refractivity contribution in [3.8, 4) is 0 Å². The Kier molecular flexibility index (Phi) is 2.98. The first kappa shape index (κ1) is 11.2. The molecule has 0 saturated carbocycles. The molecule has 0 bridgehead atoms. The number of halogens is 2. The van der Waals surface area contributed by atoms with Crippen LogP contribution in [0.3, 0.4) is 0 Å². The minimum atomic E-state index is -3.90. The van der Waals surface area contributed by atoms with Crippen LogP contribution in [0.2, 0.25) is 5.02 Å². The van der Waals surface area contributed by atoms with Gasteiger partial charge in [0.1, 0.15) is 5.02 Å². The molecule has 0 N–H and O–H groups in total. The predicted octanol–water partition coefficient (Wildman–Crippen LogP) is 2.18. The van der Waals surface area contributed by atoms with Crippen molar-refractivity contribution in [3.63, 3.8) is 0 Å². The number of hydrogen-bond acceptors (Lipinski definition) is 4. The summed E-state index contributed by atoms with van der Waals surface area (Å²) in [5.41, 5.74) is -0.365. The van der Waals surface area contributed by atoms with E-state index in [0.29, 0.717) is 0 Å². The van der Waals surface area contributed by atoms with Crippen LogP contribution >= 0.6 is 22.3 Å². The number of nitro benzene ring substituents is 1. The van der Waals surface area contributed by atoms with Gasteiger partial charge in [0.05, 0.1) is 9.82 Å². The van der Waals surface area contributed by atoms with E-state index in [1.54, 1.807) is 0 Å². The van der Waals surface area contributed by atoms with Gasteiger partial charge < -0.3 is 0 Å². The molecule has 0 atom stereocenters. The minimum absolute atomic E-state index is 0.267. The molecule has 0 saturated heterocycles. The van der Waals surface area contributed by atoms with Crippen LogP contribution in [-0.2, 0) is 9.05 Å². The Morgan fingerprint density at radius 1 is 1.36 bits per heavy atom. The van der Waals surface area contributed by atoms with Gasteiger partial charge in [0.25, 0.3) is 14.7 Å². The number of nitro groups is 1. The molecule has 0 aliphatic carbocycles.